The quantitative estimate of drug-likeness (QED) is 0.699. The van der Waals surface area contributed by atoms with E-state index < -0.39 is 11.6 Å². The van der Waals surface area contributed by atoms with Crippen molar-refractivity contribution in [1.82, 2.24) is 0 Å². The molecular weight excluding hydrogens is 324 g/mol. The van der Waals surface area contributed by atoms with Gasteiger partial charge in [-0.1, -0.05) is 25.7 Å². The molecule has 0 aliphatic heterocycles. The Kier molecular flexibility index (Phi) is 4.29. The maximum Gasteiger partial charge on any atom is 0.149 e. The molecule has 2 saturated carbocycles. The van der Waals surface area contributed by atoms with E-state index in [1.54, 1.807) is 0 Å². The van der Waals surface area contributed by atoms with E-state index in [1.807, 2.05) is 0 Å². The van der Waals surface area contributed by atoms with E-state index in [2.05, 4.69) is 21.2 Å². The van der Waals surface area contributed by atoms with Crippen molar-refractivity contribution in [2.24, 2.45) is 11.8 Å². The van der Waals surface area contributed by atoms with Gasteiger partial charge in [0.05, 0.1) is 10.2 Å². The van der Waals surface area contributed by atoms with E-state index in [4.69, 9.17) is 0 Å². The third kappa shape index (κ3) is 3.00. The van der Waals surface area contributed by atoms with E-state index in [0.29, 0.717) is 16.2 Å². The molecule has 0 radical (unpaired) electrons. The summed E-state index contributed by atoms with van der Waals surface area (Å²) < 4.78 is 27.4. The Morgan fingerprint density at radius 2 is 1.70 bits per heavy atom. The first-order valence-electron chi connectivity index (χ1n) is 7.54. The Labute approximate surface area is 127 Å². The third-order valence-electron chi connectivity index (χ3n) is 4.91. The second kappa shape index (κ2) is 6.00. The first-order chi connectivity index (χ1) is 9.63. The largest absolute Gasteiger partial charge is 0.380 e. The molecule has 0 heterocycles. The zero-order valence-electron chi connectivity index (χ0n) is 11.5. The van der Waals surface area contributed by atoms with Gasteiger partial charge in [0.1, 0.15) is 11.6 Å². The van der Waals surface area contributed by atoms with Gasteiger partial charge in [0.2, 0.25) is 0 Å². The minimum Gasteiger partial charge on any atom is -0.380 e. The lowest BCUT2D eigenvalue weighted by molar-refractivity contribution is 0.162. The first kappa shape index (κ1) is 14.3. The standard InChI is InChI=1S/C16H20BrF2N/c17-13-8-16(15(19)9-14(13)18)20-12-6-5-10-3-1-2-4-11(10)7-12/h8-12,20H,1-7H2. The molecule has 110 valence electrons. The summed E-state index contributed by atoms with van der Waals surface area (Å²) in [7, 11) is 0. The predicted molar refractivity (Wildman–Crippen MR) is 80.8 cm³/mol. The molecule has 20 heavy (non-hydrogen) atoms. The van der Waals surface area contributed by atoms with Crippen molar-refractivity contribution >= 4 is 21.6 Å². The molecule has 0 saturated heterocycles. The highest BCUT2D eigenvalue weighted by molar-refractivity contribution is 9.10. The van der Waals surface area contributed by atoms with Crippen LogP contribution in [0.4, 0.5) is 14.5 Å². The molecule has 3 rings (SSSR count). The summed E-state index contributed by atoms with van der Waals surface area (Å²) in [6.45, 7) is 0. The fourth-order valence-electron chi connectivity index (χ4n) is 3.86. The highest BCUT2D eigenvalue weighted by atomic mass is 79.9. The average Bonchev–Trinajstić information content (AvgIpc) is 2.44. The highest BCUT2D eigenvalue weighted by Gasteiger charge is 2.32. The lowest BCUT2D eigenvalue weighted by Crippen LogP contribution is -2.34. The lowest BCUT2D eigenvalue weighted by atomic mass is 9.69. The van der Waals surface area contributed by atoms with Crippen molar-refractivity contribution in [2.75, 3.05) is 5.32 Å². The number of fused-ring (bicyclic) bond motifs is 1. The summed E-state index contributed by atoms with van der Waals surface area (Å²) in [4.78, 5) is 0. The molecule has 1 aromatic rings. The second-order valence-corrected chi connectivity index (χ2v) is 7.06. The Bertz CT molecular complexity index is 492. The van der Waals surface area contributed by atoms with Gasteiger partial charge in [-0.15, -0.1) is 0 Å². The number of anilines is 1. The van der Waals surface area contributed by atoms with Crippen molar-refractivity contribution in [1.29, 1.82) is 0 Å². The fraction of sp³-hybridized carbons (Fsp3) is 0.625. The molecule has 0 bridgehead atoms. The van der Waals surface area contributed by atoms with Crippen LogP contribution in [0.1, 0.15) is 44.9 Å². The summed E-state index contributed by atoms with van der Waals surface area (Å²) in [6, 6.07) is 2.78. The zero-order valence-corrected chi connectivity index (χ0v) is 13.1. The summed E-state index contributed by atoms with van der Waals surface area (Å²) >= 11 is 3.12. The van der Waals surface area contributed by atoms with Gasteiger partial charge in [-0.3, -0.25) is 0 Å². The lowest BCUT2D eigenvalue weighted by Gasteiger charge is -2.39. The van der Waals surface area contributed by atoms with Crippen LogP contribution < -0.4 is 5.32 Å². The van der Waals surface area contributed by atoms with Crippen molar-refractivity contribution in [2.45, 2.75) is 51.0 Å². The number of rotatable bonds is 2. The van der Waals surface area contributed by atoms with Gasteiger partial charge < -0.3 is 5.32 Å². The van der Waals surface area contributed by atoms with Crippen molar-refractivity contribution in [3.8, 4) is 0 Å². The average molecular weight is 344 g/mol. The second-order valence-electron chi connectivity index (χ2n) is 6.21. The maximum atomic E-state index is 13.8. The summed E-state index contributed by atoms with van der Waals surface area (Å²) in [6.07, 6.45) is 8.86. The summed E-state index contributed by atoms with van der Waals surface area (Å²) in [5.41, 5.74) is 0.414. The number of nitrogens with one attached hydrogen (secondary N) is 1. The zero-order chi connectivity index (χ0) is 14.1. The smallest absolute Gasteiger partial charge is 0.149 e. The van der Waals surface area contributed by atoms with Gasteiger partial charge >= 0.3 is 0 Å². The molecule has 1 nitrogen and oxygen atoms in total. The molecule has 2 aliphatic carbocycles. The minimum absolute atomic E-state index is 0.313. The normalized spacial score (nSPS) is 29.9. The van der Waals surface area contributed by atoms with Crippen LogP contribution in [0.25, 0.3) is 0 Å². The predicted octanol–water partition coefficient (Wildman–Crippen LogP) is 5.50. The SMILES string of the molecule is Fc1cc(F)c(NC2CCC3CCCCC3C2)cc1Br. The van der Waals surface area contributed by atoms with Crippen molar-refractivity contribution in [3.63, 3.8) is 0 Å². The van der Waals surface area contributed by atoms with Crippen LogP contribution in [0.3, 0.4) is 0 Å². The Balaban J connectivity index is 1.68. The molecule has 0 aromatic heterocycles. The van der Waals surface area contributed by atoms with Gasteiger partial charge in [0.25, 0.3) is 0 Å². The molecule has 2 aliphatic rings. The monoisotopic (exact) mass is 343 g/mol. The molecule has 0 spiro atoms. The molecule has 3 unspecified atom stereocenters. The minimum atomic E-state index is -0.552. The van der Waals surface area contributed by atoms with Gasteiger partial charge in [-0.05, 0) is 53.1 Å². The number of halogens is 3. The molecule has 4 heteroatoms. The third-order valence-corrected chi connectivity index (χ3v) is 5.52. The number of hydrogen-bond acceptors (Lipinski definition) is 1. The van der Waals surface area contributed by atoms with Gasteiger partial charge in [-0.25, -0.2) is 8.78 Å². The van der Waals surface area contributed by atoms with Crippen LogP contribution in [-0.2, 0) is 0 Å². The van der Waals surface area contributed by atoms with Crippen LogP contribution in [0.2, 0.25) is 0 Å². The van der Waals surface area contributed by atoms with Crippen LogP contribution in [-0.4, -0.2) is 6.04 Å². The van der Waals surface area contributed by atoms with Crippen LogP contribution >= 0.6 is 15.9 Å². The molecule has 1 N–H and O–H groups in total. The fourth-order valence-corrected chi connectivity index (χ4v) is 4.20. The van der Waals surface area contributed by atoms with Crippen LogP contribution in [0, 0.1) is 23.5 Å². The van der Waals surface area contributed by atoms with Crippen molar-refractivity contribution in [3.05, 3.63) is 28.2 Å². The molecule has 1 aromatic carbocycles. The van der Waals surface area contributed by atoms with Gasteiger partial charge in [0, 0.05) is 12.1 Å². The van der Waals surface area contributed by atoms with E-state index in [0.717, 1.165) is 30.7 Å². The Morgan fingerprint density at radius 3 is 2.50 bits per heavy atom. The van der Waals surface area contributed by atoms with E-state index in [-0.39, 0.29) is 0 Å². The van der Waals surface area contributed by atoms with E-state index in [1.165, 1.54) is 38.2 Å². The van der Waals surface area contributed by atoms with Gasteiger partial charge in [-0.2, -0.15) is 0 Å². The summed E-state index contributed by atoms with van der Waals surface area (Å²) in [5, 5.41) is 3.28. The first-order valence-corrected chi connectivity index (χ1v) is 8.34. The van der Waals surface area contributed by atoms with Crippen LogP contribution in [0.15, 0.2) is 16.6 Å². The molecule has 2 fully saturated rings. The van der Waals surface area contributed by atoms with Gasteiger partial charge in [0.15, 0.2) is 0 Å². The maximum absolute atomic E-state index is 13.8. The van der Waals surface area contributed by atoms with Crippen molar-refractivity contribution < 1.29 is 8.78 Å². The Morgan fingerprint density at radius 1 is 0.950 bits per heavy atom. The van der Waals surface area contributed by atoms with E-state index in [9.17, 15) is 8.78 Å². The number of benzene rings is 1. The molecular formula is C16H20BrF2N. The van der Waals surface area contributed by atoms with Crippen LogP contribution in [0.5, 0.6) is 0 Å². The Hall–Kier alpha value is -0.640. The molecule has 0 amide bonds. The molecule has 3 atom stereocenters. The topological polar surface area (TPSA) is 12.0 Å². The van der Waals surface area contributed by atoms with E-state index >= 15 is 0 Å². The number of hydrogen-bond donors (Lipinski definition) is 1. The highest BCUT2D eigenvalue weighted by Crippen LogP contribution is 2.41. The summed E-state index contributed by atoms with van der Waals surface area (Å²) in [5.74, 6) is 0.619.